The average molecular weight is 180 g/mol. The quantitative estimate of drug-likeness (QED) is 0.683. The summed E-state index contributed by atoms with van der Waals surface area (Å²) in [6.07, 6.45) is 1.36. The van der Waals surface area contributed by atoms with Gasteiger partial charge in [0.25, 0.3) is 5.91 Å². The van der Waals surface area contributed by atoms with E-state index < -0.39 is 5.91 Å². The molecule has 4 N–H and O–H groups in total. The molecule has 0 bridgehead atoms. The summed E-state index contributed by atoms with van der Waals surface area (Å²) >= 11 is 0. The van der Waals surface area contributed by atoms with E-state index in [1.807, 2.05) is 13.8 Å². The van der Waals surface area contributed by atoms with Gasteiger partial charge in [-0.1, -0.05) is 13.8 Å². The third kappa shape index (κ3) is 1.93. The minimum atomic E-state index is -0.604. The highest BCUT2D eigenvalue weighted by Gasteiger charge is 2.10. The van der Waals surface area contributed by atoms with Gasteiger partial charge in [-0.05, 0) is 0 Å². The van der Waals surface area contributed by atoms with Crippen molar-refractivity contribution in [3.05, 3.63) is 17.6 Å². The lowest BCUT2D eigenvalue weighted by molar-refractivity contribution is 0.100. The molecule has 70 valence electrons. The molecule has 1 heterocycles. The van der Waals surface area contributed by atoms with Gasteiger partial charge in [0.15, 0.2) is 0 Å². The number of hydrogen-bond acceptors (Lipinski definition) is 4. The van der Waals surface area contributed by atoms with Crippen LogP contribution in [0.1, 0.15) is 35.9 Å². The monoisotopic (exact) mass is 180 g/mol. The van der Waals surface area contributed by atoms with Crippen LogP contribution in [-0.4, -0.2) is 15.9 Å². The maximum atomic E-state index is 10.8. The van der Waals surface area contributed by atoms with Gasteiger partial charge >= 0.3 is 0 Å². The van der Waals surface area contributed by atoms with E-state index in [0.29, 0.717) is 5.82 Å². The number of rotatable bonds is 2. The fourth-order valence-corrected chi connectivity index (χ4v) is 0.877. The molecule has 0 fully saturated rings. The van der Waals surface area contributed by atoms with Crippen LogP contribution in [0.2, 0.25) is 0 Å². The van der Waals surface area contributed by atoms with Crippen LogP contribution in [0, 0.1) is 0 Å². The molecule has 0 aliphatic rings. The fraction of sp³-hybridized carbons (Fsp3) is 0.375. The molecule has 0 radical (unpaired) electrons. The summed E-state index contributed by atoms with van der Waals surface area (Å²) in [6.45, 7) is 3.89. The highest BCUT2D eigenvalue weighted by molar-refractivity contribution is 5.96. The molecule has 1 aromatic rings. The zero-order valence-electron chi connectivity index (χ0n) is 7.61. The first-order chi connectivity index (χ1) is 6.02. The predicted molar refractivity (Wildman–Crippen MR) is 49.1 cm³/mol. The van der Waals surface area contributed by atoms with Crippen molar-refractivity contribution in [1.82, 2.24) is 9.97 Å². The second-order valence-electron chi connectivity index (χ2n) is 3.05. The van der Waals surface area contributed by atoms with Crippen LogP contribution in [-0.2, 0) is 0 Å². The van der Waals surface area contributed by atoms with Crippen molar-refractivity contribution in [2.24, 2.45) is 5.73 Å². The maximum Gasteiger partial charge on any atom is 0.254 e. The van der Waals surface area contributed by atoms with Crippen LogP contribution < -0.4 is 11.5 Å². The number of amides is 1. The third-order valence-corrected chi connectivity index (χ3v) is 1.62. The minimum Gasteiger partial charge on any atom is -0.383 e. The predicted octanol–water partition coefficient (Wildman–Crippen LogP) is 0.281. The first-order valence-electron chi connectivity index (χ1n) is 3.94. The van der Waals surface area contributed by atoms with E-state index in [2.05, 4.69) is 9.97 Å². The van der Waals surface area contributed by atoms with E-state index in [1.54, 1.807) is 0 Å². The van der Waals surface area contributed by atoms with Gasteiger partial charge in [-0.2, -0.15) is 0 Å². The summed E-state index contributed by atoms with van der Waals surface area (Å²) in [7, 11) is 0. The van der Waals surface area contributed by atoms with Crippen LogP contribution in [0.5, 0.6) is 0 Å². The van der Waals surface area contributed by atoms with Gasteiger partial charge in [0, 0.05) is 12.1 Å². The molecule has 0 saturated heterocycles. The Hall–Kier alpha value is -1.65. The van der Waals surface area contributed by atoms with Gasteiger partial charge in [0.05, 0.1) is 5.56 Å². The van der Waals surface area contributed by atoms with E-state index in [-0.39, 0.29) is 17.3 Å². The number of primary amides is 1. The normalized spacial score (nSPS) is 10.4. The zero-order chi connectivity index (χ0) is 10.0. The van der Waals surface area contributed by atoms with Crippen LogP contribution in [0.3, 0.4) is 0 Å². The molecule has 1 amide bonds. The molecule has 5 heteroatoms. The smallest absolute Gasteiger partial charge is 0.254 e. The molecule has 5 nitrogen and oxygen atoms in total. The van der Waals surface area contributed by atoms with Crippen LogP contribution in [0.25, 0.3) is 0 Å². The number of carbonyl (C=O) groups excluding carboxylic acids is 1. The number of nitrogens with two attached hydrogens (primary N) is 2. The molecule has 1 aromatic heterocycles. The molecule has 0 aliphatic heterocycles. The Balaban J connectivity index is 3.13. The zero-order valence-corrected chi connectivity index (χ0v) is 7.61. The van der Waals surface area contributed by atoms with Crippen molar-refractivity contribution in [2.75, 3.05) is 5.73 Å². The highest BCUT2D eigenvalue weighted by atomic mass is 16.1. The first kappa shape index (κ1) is 9.44. The molecule has 0 spiro atoms. The molecular weight excluding hydrogens is 168 g/mol. The van der Waals surface area contributed by atoms with Gasteiger partial charge in [-0.25, -0.2) is 9.97 Å². The van der Waals surface area contributed by atoms with Gasteiger partial charge < -0.3 is 11.5 Å². The number of carbonyl (C=O) groups is 1. The van der Waals surface area contributed by atoms with Crippen LogP contribution >= 0.6 is 0 Å². The molecule has 1 rings (SSSR count). The van der Waals surface area contributed by atoms with E-state index in [4.69, 9.17) is 11.5 Å². The fourth-order valence-electron chi connectivity index (χ4n) is 0.877. The Morgan fingerprint density at radius 1 is 1.54 bits per heavy atom. The lowest BCUT2D eigenvalue weighted by Crippen LogP contribution is -2.16. The summed E-state index contributed by atoms with van der Waals surface area (Å²) in [6, 6.07) is 0. The van der Waals surface area contributed by atoms with E-state index in [9.17, 15) is 4.79 Å². The van der Waals surface area contributed by atoms with Gasteiger partial charge in [-0.15, -0.1) is 0 Å². The summed E-state index contributed by atoms with van der Waals surface area (Å²) in [5.41, 5.74) is 10.7. The van der Waals surface area contributed by atoms with Crippen LogP contribution in [0.15, 0.2) is 6.20 Å². The first-order valence-corrected chi connectivity index (χ1v) is 3.94. The molecule has 0 saturated carbocycles. The molecular formula is C8H12N4O. The standard InChI is InChI=1S/C8H12N4O/c1-4(2)8-11-3-5(7(10)13)6(9)12-8/h3-4H,1-2H3,(H2,10,13)(H2,9,11,12). The maximum absolute atomic E-state index is 10.8. The summed E-state index contributed by atoms with van der Waals surface area (Å²) < 4.78 is 0. The molecule has 0 atom stereocenters. The largest absolute Gasteiger partial charge is 0.383 e. The van der Waals surface area contributed by atoms with E-state index >= 15 is 0 Å². The van der Waals surface area contributed by atoms with E-state index in [0.717, 1.165) is 0 Å². The number of nitrogen functional groups attached to an aromatic ring is 1. The van der Waals surface area contributed by atoms with Gasteiger partial charge in [0.1, 0.15) is 11.6 Å². The van der Waals surface area contributed by atoms with Gasteiger partial charge in [-0.3, -0.25) is 4.79 Å². The topological polar surface area (TPSA) is 94.9 Å². The van der Waals surface area contributed by atoms with Crippen molar-refractivity contribution in [3.8, 4) is 0 Å². The Morgan fingerprint density at radius 3 is 2.54 bits per heavy atom. The Bertz CT molecular complexity index is 335. The minimum absolute atomic E-state index is 0.145. The number of aromatic nitrogens is 2. The van der Waals surface area contributed by atoms with Crippen molar-refractivity contribution < 1.29 is 4.79 Å². The summed E-state index contributed by atoms with van der Waals surface area (Å²) in [4.78, 5) is 18.7. The van der Waals surface area contributed by atoms with Crippen molar-refractivity contribution in [3.63, 3.8) is 0 Å². The second kappa shape index (κ2) is 3.38. The highest BCUT2D eigenvalue weighted by Crippen LogP contribution is 2.12. The third-order valence-electron chi connectivity index (χ3n) is 1.62. The van der Waals surface area contributed by atoms with Crippen molar-refractivity contribution in [1.29, 1.82) is 0 Å². The van der Waals surface area contributed by atoms with E-state index in [1.165, 1.54) is 6.20 Å². The summed E-state index contributed by atoms with van der Waals surface area (Å²) in [5, 5.41) is 0. The lowest BCUT2D eigenvalue weighted by Gasteiger charge is -2.05. The Morgan fingerprint density at radius 2 is 2.15 bits per heavy atom. The van der Waals surface area contributed by atoms with Gasteiger partial charge in [0.2, 0.25) is 0 Å². The molecule has 0 aliphatic carbocycles. The lowest BCUT2D eigenvalue weighted by atomic mass is 10.2. The van der Waals surface area contributed by atoms with Crippen LogP contribution in [0.4, 0.5) is 5.82 Å². The number of hydrogen-bond donors (Lipinski definition) is 2. The second-order valence-corrected chi connectivity index (χ2v) is 3.05. The Kier molecular flexibility index (Phi) is 2.46. The molecule has 0 aromatic carbocycles. The number of nitrogens with zero attached hydrogens (tertiary/aromatic N) is 2. The average Bonchev–Trinajstić information content (AvgIpc) is 2.03. The number of anilines is 1. The SMILES string of the molecule is CC(C)c1ncc(C(N)=O)c(N)n1. The summed E-state index contributed by atoms with van der Waals surface area (Å²) in [5.74, 6) is 0.339. The van der Waals surface area contributed by atoms with Crippen molar-refractivity contribution in [2.45, 2.75) is 19.8 Å². The van der Waals surface area contributed by atoms with Crippen molar-refractivity contribution >= 4 is 11.7 Å². The molecule has 13 heavy (non-hydrogen) atoms. The molecule has 0 unspecified atom stereocenters. The Labute approximate surface area is 76.2 Å².